The van der Waals surface area contributed by atoms with Crippen molar-refractivity contribution in [1.29, 1.82) is 0 Å². The molecule has 3 aliphatic rings. The maximum Gasteiger partial charge on any atom is 0.330 e. The van der Waals surface area contributed by atoms with Crippen LogP contribution in [-0.2, 0) is 25.5 Å². The molecule has 240 valence electrons. The first-order valence-electron chi connectivity index (χ1n) is 16.3. The summed E-state index contributed by atoms with van der Waals surface area (Å²) in [5.41, 5.74) is 6.99. The second-order valence-corrected chi connectivity index (χ2v) is 12.5. The molecule has 3 atom stereocenters. The molecular weight excluding hydrogens is 606 g/mol. The molecule has 9 heteroatoms. The molecule has 48 heavy (non-hydrogen) atoms. The Balaban J connectivity index is 1.08. The molecule has 0 bridgehead atoms. The van der Waals surface area contributed by atoms with Crippen LogP contribution in [0.3, 0.4) is 0 Å². The number of amides is 1. The van der Waals surface area contributed by atoms with Gasteiger partial charge in [0, 0.05) is 24.7 Å². The zero-order chi connectivity index (χ0) is 32.9. The zero-order valence-corrected chi connectivity index (χ0v) is 26.2. The number of hydrogen-bond acceptors (Lipinski definition) is 6. The van der Waals surface area contributed by atoms with E-state index < -0.39 is 47.5 Å². The zero-order valence-electron chi connectivity index (χ0n) is 26.2. The number of carbonyl (C=O) groups is 2. The van der Waals surface area contributed by atoms with Crippen molar-refractivity contribution < 1.29 is 19.1 Å². The van der Waals surface area contributed by atoms with Crippen LogP contribution < -0.4 is 16.6 Å². The van der Waals surface area contributed by atoms with Crippen molar-refractivity contribution in [3.05, 3.63) is 152 Å². The van der Waals surface area contributed by atoms with Gasteiger partial charge < -0.3 is 14.8 Å². The van der Waals surface area contributed by atoms with Gasteiger partial charge in [0.1, 0.15) is 24.4 Å². The van der Waals surface area contributed by atoms with Crippen molar-refractivity contribution in [2.45, 2.75) is 50.0 Å². The first-order valence-corrected chi connectivity index (χ1v) is 16.3. The molecule has 2 N–H and O–H groups in total. The highest BCUT2D eigenvalue weighted by atomic mass is 16.6. The minimum Gasteiger partial charge on any atom is -0.459 e. The Morgan fingerprint density at radius 1 is 0.792 bits per heavy atom. The molecule has 8 rings (SSSR count). The third-order valence-corrected chi connectivity index (χ3v) is 9.82. The maximum absolute atomic E-state index is 14.1. The van der Waals surface area contributed by atoms with Crippen molar-refractivity contribution >= 4 is 11.9 Å². The van der Waals surface area contributed by atoms with Crippen molar-refractivity contribution in [3.63, 3.8) is 0 Å². The topological polar surface area (TPSA) is 119 Å². The van der Waals surface area contributed by atoms with Gasteiger partial charge in [0.2, 0.25) is 5.91 Å². The second kappa shape index (κ2) is 11.9. The molecular formula is C39H33N3O6. The summed E-state index contributed by atoms with van der Waals surface area (Å²) in [5.74, 6) is -1.76. The van der Waals surface area contributed by atoms with E-state index >= 15 is 0 Å². The second-order valence-electron chi connectivity index (χ2n) is 12.5. The Morgan fingerprint density at radius 3 is 1.81 bits per heavy atom. The Bertz CT molecular complexity index is 2110. The number of carbonyl (C=O) groups excluding carboxylic acids is 2. The van der Waals surface area contributed by atoms with E-state index in [-0.39, 0.29) is 18.9 Å². The van der Waals surface area contributed by atoms with Gasteiger partial charge in [-0.3, -0.25) is 23.9 Å². The van der Waals surface area contributed by atoms with Crippen LogP contribution in [0.15, 0.2) is 113 Å². The maximum atomic E-state index is 14.1. The van der Waals surface area contributed by atoms with Crippen molar-refractivity contribution in [2.75, 3.05) is 6.54 Å². The monoisotopic (exact) mass is 639 g/mol. The van der Waals surface area contributed by atoms with E-state index in [9.17, 15) is 19.2 Å². The fourth-order valence-electron chi connectivity index (χ4n) is 7.54. The lowest BCUT2D eigenvalue weighted by Gasteiger charge is -2.23. The number of nitrogens with zero attached hydrogens (tertiary/aromatic N) is 1. The van der Waals surface area contributed by atoms with Crippen molar-refractivity contribution in [2.24, 2.45) is 0 Å². The first-order chi connectivity index (χ1) is 23.4. The fraction of sp³-hybridized carbons (Fsp3) is 0.231. The molecule has 1 fully saturated rings. The normalized spacial score (nSPS) is 19.3. The third-order valence-electron chi connectivity index (χ3n) is 9.82. The lowest BCUT2D eigenvalue weighted by molar-refractivity contribution is -0.152. The minimum absolute atomic E-state index is 0.0463. The van der Waals surface area contributed by atoms with E-state index in [2.05, 4.69) is 10.3 Å². The number of hydrogen-bond donors (Lipinski definition) is 2. The molecule has 0 spiro atoms. The summed E-state index contributed by atoms with van der Waals surface area (Å²) in [6, 6.07) is 31.4. The van der Waals surface area contributed by atoms with Crippen LogP contribution in [0.25, 0.3) is 22.3 Å². The van der Waals surface area contributed by atoms with E-state index in [1.807, 2.05) is 104 Å². The lowest BCUT2D eigenvalue weighted by atomic mass is 9.96. The van der Waals surface area contributed by atoms with Gasteiger partial charge in [0.25, 0.3) is 5.56 Å². The van der Waals surface area contributed by atoms with Gasteiger partial charge in [-0.05, 0) is 50.9 Å². The first kappa shape index (κ1) is 29.8. The van der Waals surface area contributed by atoms with Crippen LogP contribution in [0.1, 0.15) is 59.2 Å². The predicted molar refractivity (Wildman–Crippen MR) is 180 cm³/mol. The van der Waals surface area contributed by atoms with Gasteiger partial charge >= 0.3 is 11.7 Å². The molecule has 2 aliphatic carbocycles. The van der Waals surface area contributed by atoms with Crippen molar-refractivity contribution in [1.82, 2.24) is 14.9 Å². The molecule has 2 heterocycles. The number of aromatic amines is 1. The van der Waals surface area contributed by atoms with Gasteiger partial charge in [-0.15, -0.1) is 0 Å². The lowest BCUT2D eigenvalue weighted by Crippen LogP contribution is -2.41. The number of H-pyrrole nitrogens is 1. The van der Waals surface area contributed by atoms with Crippen LogP contribution in [-0.4, -0.2) is 40.2 Å². The Morgan fingerprint density at radius 2 is 1.29 bits per heavy atom. The van der Waals surface area contributed by atoms with E-state index in [1.54, 1.807) is 0 Å². The SMILES string of the molecule is CCc1cn([C@H]2C[C@H](OC(=O)C3c4ccccc4-c4ccccc43)[C@@H](CNC(=O)C3c4ccccc4-c4ccccc43)O2)c(=O)[nH]c1=O. The number of aryl methyl sites for hydroxylation is 1. The number of nitrogens with one attached hydrogen (secondary N) is 2. The van der Waals surface area contributed by atoms with E-state index in [1.165, 1.54) is 10.8 Å². The highest BCUT2D eigenvalue weighted by Gasteiger charge is 2.43. The molecule has 0 radical (unpaired) electrons. The summed E-state index contributed by atoms with van der Waals surface area (Å²) in [4.78, 5) is 55.6. The number of esters is 1. The van der Waals surface area contributed by atoms with Gasteiger partial charge in [-0.25, -0.2) is 4.79 Å². The van der Waals surface area contributed by atoms with Gasteiger partial charge in [-0.1, -0.05) is 104 Å². The molecule has 1 saturated heterocycles. The highest BCUT2D eigenvalue weighted by Crippen LogP contribution is 2.46. The average Bonchev–Trinajstić information content (AvgIpc) is 3.77. The molecule has 0 saturated carbocycles. The van der Waals surface area contributed by atoms with E-state index in [0.717, 1.165) is 44.5 Å². The quantitative estimate of drug-likeness (QED) is 0.241. The molecule has 4 aromatic carbocycles. The van der Waals surface area contributed by atoms with Gasteiger partial charge in [0.15, 0.2) is 0 Å². The number of aromatic nitrogens is 2. The largest absolute Gasteiger partial charge is 0.459 e. The highest BCUT2D eigenvalue weighted by molar-refractivity contribution is 5.96. The number of benzene rings is 4. The molecule has 1 aliphatic heterocycles. The van der Waals surface area contributed by atoms with E-state index in [4.69, 9.17) is 9.47 Å². The predicted octanol–water partition coefficient (Wildman–Crippen LogP) is 5.04. The number of ether oxygens (including phenoxy) is 2. The average molecular weight is 640 g/mol. The molecule has 1 aromatic heterocycles. The van der Waals surface area contributed by atoms with Crippen LogP contribution in [0.5, 0.6) is 0 Å². The van der Waals surface area contributed by atoms with Gasteiger partial charge in [0.05, 0.1) is 5.92 Å². The summed E-state index contributed by atoms with van der Waals surface area (Å²) < 4.78 is 14.0. The molecule has 9 nitrogen and oxygen atoms in total. The molecule has 0 unspecified atom stereocenters. The summed E-state index contributed by atoms with van der Waals surface area (Å²) in [7, 11) is 0. The van der Waals surface area contributed by atoms with Crippen molar-refractivity contribution in [3.8, 4) is 22.3 Å². The third kappa shape index (κ3) is 4.89. The summed E-state index contributed by atoms with van der Waals surface area (Å²) in [6.45, 7) is 1.87. The fourth-order valence-corrected chi connectivity index (χ4v) is 7.54. The standard InChI is InChI=1S/C39H33N3O6/c1-2-22-21-42(39(46)41-36(22)43)33-19-31(48-38(45)35-29-17-9-5-13-25(29)26-14-6-10-18-30(26)35)32(47-33)20-40-37(44)34-27-15-7-3-11-23(27)24-12-4-8-16-28(24)34/h3-18,21,31-35H,2,19-20H2,1H3,(H,40,44)(H,41,43,46)/t31-,32+,33+/m0/s1. The summed E-state index contributed by atoms with van der Waals surface area (Å²) in [6.07, 6.45) is -0.283. The Hall–Kier alpha value is -5.54. The number of fused-ring (bicyclic) bond motifs is 6. The van der Waals surface area contributed by atoms with Crippen LogP contribution in [0, 0.1) is 0 Å². The summed E-state index contributed by atoms with van der Waals surface area (Å²) in [5, 5.41) is 3.07. The summed E-state index contributed by atoms with van der Waals surface area (Å²) >= 11 is 0. The molecule has 5 aromatic rings. The Labute approximate surface area is 276 Å². The van der Waals surface area contributed by atoms with Gasteiger partial charge in [-0.2, -0.15) is 0 Å². The van der Waals surface area contributed by atoms with Crippen LogP contribution in [0.2, 0.25) is 0 Å². The van der Waals surface area contributed by atoms with E-state index in [0.29, 0.717) is 12.0 Å². The Kier molecular flexibility index (Phi) is 7.41. The minimum atomic E-state index is -0.824. The molecule has 1 amide bonds. The smallest absolute Gasteiger partial charge is 0.330 e. The van der Waals surface area contributed by atoms with Crippen LogP contribution in [0.4, 0.5) is 0 Å². The van der Waals surface area contributed by atoms with Crippen LogP contribution >= 0.6 is 0 Å². The number of rotatable bonds is 7.